The van der Waals surface area contributed by atoms with Crippen molar-refractivity contribution in [3.05, 3.63) is 40.2 Å². The maximum absolute atomic E-state index is 12.4. The predicted molar refractivity (Wildman–Crippen MR) is 104 cm³/mol. The smallest absolute Gasteiger partial charge is 0.270 e. The fourth-order valence-corrected chi connectivity index (χ4v) is 3.39. The largest absolute Gasteiger partial charge is 0.378 e. The summed E-state index contributed by atoms with van der Waals surface area (Å²) in [7, 11) is 3.94. The fraction of sp³-hybridized carbons (Fsp3) is 0.450. The summed E-state index contributed by atoms with van der Waals surface area (Å²) in [6.07, 6.45) is 7.07. The van der Waals surface area contributed by atoms with Crippen molar-refractivity contribution < 1.29 is 0 Å². The predicted octanol–water partition coefficient (Wildman–Crippen LogP) is 3.51. The van der Waals surface area contributed by atoms with E-state index in [1.807, 2.05) is 49.3 Å². The molecule has 0 radical (unpaired) electrons. The van der Waals surface area contributed by atoms with Crippen LogP contribution >= 0.6 is 0 Å². The highest BCUT2D eigenvalue weighted by atomic mass is 16.1. The Balaban J connectivity index is 1.94. The molecular formula is C20H25N5O. The summed E-state index contributed by atoms with van der Waals surface area (Å²) in [6, 6.07) is 10.0. The third-order valence-corrected chi connectivity index (χ3v) is 4.88. The van der Waals surface area contributed by atoms with Crippen LogP contribution in [0.15, 0.2) is 29.1 Å². The zero-order valence-electron chi connectivity index (χ0n) is 15.4. The number of anilines is 2. The number of aromatic nitrogens is 2. The molecule has 6 nitrogen and oxygen atoms in total. The van der Waals surface area contributed by atoms with Crippen LogP contribution in [0.25, 0.3) is 11.3 Å². The Bertz CT molecular complexity index is 840. The molecule has 0 unspecified atom stereocenters. The van der Waals surface area contributed by atoms with Crippen molar-refractivity contribution in [2.75, 3.05) is 24.3 Å². The van der Waals surface area contributed by atoms with Gasteiger partial charge in [0.25, 0.3) is 5.56 Å². The standard InChI is InChI=1S/C20H25N5O/c1-25(2)16-11-9-14(10-12-16)18-17(13-21)19(26)24-20(23-18)22-15-7-5-3-4-6-8-15/h9-12,15H,3-8H2,1-2H3,(H2,22,23,24,26). The molecule has 1 aromatic heterocycles. The fourth-order valence-electron chi connectivity index (χ4n) is 3.39. The molecule has 1 aromatic carbocycles. The van der Waals surface area contributed by atoms with Crippen LogP contribution in [0.3, 0.4) is 0 Å². The topological polar surface area (TPSA) is 84.8 Å². The Kier molecular flexibility index (Phi) is 5.57. The Morgan fingerprint density at radius 2 is 1.81 bits per heavy atom. The van der Waals surface area contributed by atoms with Gasteiger partial charge in [0, 0.05) is 31.4 Å². The van der Waals surface area contributed by atoms with Gasteiger partial charge in [-0.05, 0) is 25.0 Å². The van der Waals surface area contributed by atoms with Gasteiger partial charge in [0.15, 0.2) is 0 Å². The molecule has 0 bridgehead atoms. The van der Waals surface area contributed by atoms with Crippen LogP contribution in [0.1, 0.15) is 44.1 Å². The molecule has 2 aromatic rings. The van der Waals surface area contributed by atoms with Gasteiger partial charge in [-0.25, -0.2) is 4.98 Å². The normalized spacial score (nSPS) is 15.1. The number of H-pyrrole nitrogens is 1. The Hall–Kier alpha value is -2.81. The maximum atomic E-state index is 12.4. The molecule has 26 heavy (non-hydrogen) atoms. The van der Waals surface area contributed by atoms with Crippen molar-refractivity contribution >= 4 is 11.6 Å². The number of benzene rings is 1. The zero-order valence-corrected chi connectivity index (χ0v) is 15.4. The quantitative estimate of drug-likeness (QED) is 0.824. The second-order valence-electron chi connectivity index (χ2n) is 7.02. The third-order valence-electron chi connectivity index (χ3n) is 4.88. The van der Waals surface area contributed by atoms with Crippen molar-refractivity contribution in [1.82, 2.24) is 9.97 Å². The van der Waals surface area contributed by atoms with Gasteiger partial charge in [-0.3, -0.25) is 9.78 Å². The Morgan fingerprint density at radius 1 is 1.15 bits per heavy atom. The number of rotatable bonds is 4. The number of nitriles is 1. The van der Waals surface area contributed by atoms with Crippen molar-refractivity contribution in [2.24, 2.45) is 0 Å². The van der Waals surface area contributed by atoms with Gasteiger partial charge >= 0.3 is 0 Å². The minimum Gasteiger partial charge on any atom is -0.378 e. The summed E-state index contributed by atoms with van der Waals surface area (Å²) in [4.78, 5) is 21.7. The SMILES string of the molecule is CN(C)c1ccc(-c2nc(NC3CCCCCC3)[nH]c(=O)c2C#N)cc1. The number of nitrogens with zero attached hydrogens (tertiary/aromatic N) is 3. The molecule has 1 heterocycles. The molecule has 0 saturated heterocycles. The van der Waals surface area contributed by atoms with Crippen LogP contribution in [-0.4, -0.2) is 30.1 Å². The second kappa shape index (κ2) is 8.05. The molecule has 3 rings (SSSR count). The lowest BCUT2D eigenvalue weighted by Gasteiger charge is -2.17. The molecule has 0 aliphatic heterocycles. The summed E-state index contributed by atoms with van der Waals surface area (Å²) in [5, 5.41) is 12.8. The molecule has 0 spiro atoms. The lowest BCUT2D eigenvalue weighted by Crippen LogP contribution is -2.24. The van der Waals surface area contributed by atoms with Gasteiger partial charge in [-0.15, -0.1) is 0 Å². The van der Waals surface area contributed by atoms with Crippen molar-refractivity contribution in [3.63, 3.8) is 0 Å². The monoisotopic (exact) mass is 351 g/mol. The third kappa shape index (κ3) is 4.05. The number of hydrogen-bond acceptors (Lipinski definition) is 5. The van der Waals surface area contributed by atoms with Gasteiger partial charge in [0.05, 0.1) is 5.69 Å². The minimum atomic E-state index is -0.398. The van der Waals surface area contributed by atoms with Crippen LogP contribution in [0.2, 0.25) is 0 Å². The minimum absolute atomic E-state index is 0.0500. The van der Waals surface area contributed by atoms with E-state index in [2.05, 4.69) is 15.3 Å². The first-order chi connectivity index (χ1) is 12.6. The second-order valence-corrected chi connectivity index (χ2v) is 7.02. The lowest BCUT2D eigenvalue weighted by molar-refractivity contribution is 0.614. The van der Waals surface area contributed by atoms with E-state index < -0.39 is 5.56 Å². The summed E-state index contributed by atoms with van der Waals surface area (Å²) < 4.78 is 0. The molecule has 1 saturated carbocycles. The number of nitrogens with one attached hydrogen (secondary N) is 2. The summed E-state index contributed by atoms with van der Waals surface area (Å²) >= 11 is 0. The molecule has 1 aliphatic rings. The first-order valence-corrected chi connectivity index (χ1v) is 9.17. The van der Waals surface area contributed by atoms with Crippen molar-refractivity contribution in [3.8, 4) is 17.3 Å². The van der Waals surface area contributed by atoms with E-state index in [-0.39, 0.29) is 5.56 Å². The molecule has 136 valence electrons. The van der Waals surface area contributed by atoms with E-state index in [4.69, 9.17) is 0 Å². The van der Waals surface area contributed by atoms with Gasteiger partial charge in [-0.1, -0.05) is 37.8 Å². The van der Waals surface area contributed by atoms with Crippen molar-refractivity contribution in [1.29, 1.82) is 5.26 Å². The number of hydrogen-bond donors (Lipinski definition) is 2. The summed E-state index contributed by atoms with van der Waals surface area (Å²) in [5.74, 6) is 0.451. The van der Waals surface area contributed by atoms with Gasteiger partial charge in [0.1, 0.15) is 11.6 Å². The van der Waals surface area contributed by atoms with E-state index in [9.17, 15) is 10.1 Å². The molecule has 1 fully saturated rings. The van der Waals surface area contributed by atoms with Gasteiger partial charge < -0.3 is 10.2 Å². The molecule has 0 amide bonds. The Morgan fingerprint density at radius 3 is 2.38 bits per heavy atom. The van der Waals surface area contributed by atoms with E-state index in [1.54, 1.807) is 0 Å². The highest BCUT2D eigenvalue weighted by Crippen LogP contribution is 2.24. The van der Waals surface area contributed by atoms with Crippen molar-refractivity contribution in [2.45, 2.75) is 44.6 Å². The maximum Gasteiger partial charge on any atom is 0.270 e. The molecule has 2 N–H and O–H groups in total. The first-order valence-electron chi connectivity index (χ1n) is 9.17. The van der Waals surface area contributed by atoms with Crippen LogP contribution in [0.5, 0.6) is 0 Å². The van der Waals surface area contributed by atoms with E-state index in [0.29, 0.717) is 17.7 Å². The Labute approximate surface area is 153 Å². The molecule has 0 atom stereocenters. The zero-order chi connectivity index (χ0) is 18.5. The average molecular weight is 351 g/mol. The molecular weight excluding hydrogens is 326 g/mol. The highest BCUT2D eigenvalue weighted by Gasteiger charge is 2.17. The van der Waals surface area contributed by atoms with Gasteiger partial charge in [-0.2, -0.15) is 5.26 Å². The summed E-state index contributed by atoms with van der Waals surface area (Å²) in [6.45, 7) is 0. The van der Waals surface area contributed by atoms with Crippen LogP contribution in [-0.2, 0) is 0 Å². The first kappa shape index (κ1) is 18.0. The van der Waals surface area contributed by atoms with Crippen LogP contribution in [0.4, 0.5) is 11.6 Å². The highest BCUT2D eigenvalue weighted by molar-refractivity contribution is 5.69. The molecule has 1 aliphatic carbocycles. The van der Waals surface area contributed by atoms with Crippen LogP contribution in [0, 0.1) is 11.3 Å². The van der Waals surface area contributed by atoms with Crippen LogP contribution < -0.4 is 15.8 Å². The van der Waals surface area contributed by atoms with E-state index >= 15 is 0 Å². The van der Waals surface area contributed by atoms with E-state index in [0.717, 1.165) is 24.1 Å². The lowest BCUT2D eigenvalue weighted by atomic mass is 10.1. The average Bonchev–Trinajstić information content (AvgIpc) is 2.90. The molecule has 6 heteroatoms. The van der Waals surface area contributed by atoms with E-state index in [1.165, 1.54) is 25.7 Å². The number of aromatic amines is 1. The van der Waals surface area contributed by atoms with Gasteiger partial charge in [0.2, 0.25) is 5.95 Å². The summed E-state index contributed by atoms with van der Waals surface area (Å²) in [5.41, 5.74) is 1.90.